The van der Waals surface area contributed by atoms with Crippen LogP contribution in [0.25, 0.3) is 11.0 Å². The number of benzene rings is 2. The normalized spacial score (nSPS) is 12.3. The lowest BCUT2D eigenvalue weighted by atomic mass is 10.1. The minimum Gasteiger partial charge on any atom is -0.464 e. The van der Waals surface area contributed by atoms with E-state index in [0.717, 1.165) is 22.3 Å². The van der Waals surface area contributed by atoms with Gasteiger partial charge >= 0.3 is 0 Å². The van der Waals surface area contributed by atoms with Crippen molar-refractivity contribution in [1.82, 2.24) is 0 Å². The smallest absolute Gasteiger partial charge is 0.180 e. The van der Waals surface area contributed by atoms with Crippen LogP contribution in [0, 0.1) is 0 Å². The zero-order chi connectivity index (χ0) is 15.2. The molecule has 0 saturated carbocycles. The van der Waals surface area contributed by atoms with Crippen LogP contribution in [0.1, 0.15) is 11.1 Å². The van der Waals surface area contributed by atoms with Crippen molar-refractivity contribution in [3.63, 3.8) is 0 Å². The van der Waals surface area contributed by atoms with Crippen molar-refractivity contribution in [2.24, 2.45) is 15.9 Å². The largest absolute Gasteiger partial charge is 0.464 e. The summed E-state index contributed by atoms with van der Waals surface area (Å²) in [7, 11) is 0. The minimum atomic E-state index is 0.444. The third kappa shape index (κ3) is 3.56. The van der Waals surface area contributed by atoms with Crippen LogP contribution in [0.5, 0.6) is 0 Å². The van der Waals surface area contributed by atoms with Crippen LogP contribution in [0.15, 0.2) is 75.5 Å². The standard InChI is InChI=1S/C17H15N3OS/c18-17(22-12-13-5-2-1-3-6-13)20-19-11-14-7-4-8-16-15(14)9-10-21-16/h1-11H,12H2,(H2,18,20). The molecule has 1 heterocycles. The molecule has 0 atom stereocenters. The Morgan fingerprint density at radius 3 is 2.82 bits per heavy atom. The van der Waals surface area contributed by atoms with Gasteiger partial charge < -0.3 is 10.2 Å². The number of nitrogens with zero attached hydrogens (tertiary/aromatic N) is 2. The Kier molecular flexibility index (Phi) is 4.56. The molecule has 0 aliphatic carbocycles. The highest BCUT2D eigenvalue weighted by atomic mass is 32.2. The number of hydrogen-bond acceptors (Lipinski definition) is 4. The summed E-state index contributed by atoms with van der Waals surface area (Å²) >= 11 is 1.47. The molecule has 22 heavy (non-hydrogen) atoms. The Bertz CT molecular complexity index is 809. The minimum absolute atomic E-state index is 0.444. The Balaban J connectivity index is 1.64. The molecule has 0 unspecified atom stereocenters. The third-order valence-corrected chi connectivity index (χ3v) is 3.97. The maximum atomic E-state index is 5.86. The van der Waals surface area contributed by atoms with Crippen molar-refractivity contribution in [3.05, 3.63) is 72.0 Å². The van der Waals surface area contributed by atoms with Crippen LogP contribution in [-0.4, -0.2) is 11.4 Å². The van der Waals surface area contributed by atoms with Gasteiger partial charge in [-0.3, -0.25) is 0 Å². The van der Waals surface area contributed by atoms with Crippen molar-refractivity contribution in [2.45, 2.75) is 5.75 Å². The molecule has 1 aromatic heterocycles. The second-order valence-corrected chi connectivity index (χ2v) is 5.63. The summed E-state index contributed by atoms with van der Waals surface area (Å²) in [6, 6.07) is 17.8. The number of thioether (sulfide) groups is 1. The summed E-state index contributed by atoms with van der Waals surface area (Å²) in [5.41, 5.74) is 8.85. The molecule has 4 nitrogen and oxygen atoms in total. The number of hydrogen-bond donors (Lipinski definition) is 1. The van der Waals surface area contributed by atoms with Crippen molar-refractivity contribution in [3.8, 4) is 0 Å². The lowest BCUT2D eigenvalue weighted by molar-refractivity contribution is 0.616. The topological polar surface area (TPSA) is 63.9 Å². The SMILES string of the molecule is NC(=NN=Cc1cccc2occc12)SCc1ccccc1. The molecule has 0 spiro atoms. The van der Waals surface area contributed by atoms with Gasteiger partial charge in [-0.25, -0.2) is 0 Å². The van der Waals surface area contributed by atoms with E-state index in [0.29, 0.717) is 5.17 Å². The predicted octanol–water partition coefficient (Wildman–Crippen LogP) is 4.01. The van der Waals surface area contributed by atoms with Gasteiger partial charge in [-0.1, -0.05) is 54.2 Å². The first kappa shape index (κ1) is 14.4. The van der Waals surface area contributed by atoms with E-state index in [2.05, 4.69) is 22.3 Å². The van der Waals surface area contributed by atoms with Crippen molar-refractivity contribution in [1.29, 1.82) is 0 Å². The fourth-order valence-electron chi connectivity index (χ4n) is 2.04. The van der Waals surface area contributed by atoms with E-state index in [9.17, 15) is 0 Å². The summed E-state index contributed by atoms with van der Waals surface area (Å²) in [6.45, 7) is 0. The van der Waals surface area contributed by atoms with Gasteiger partial charge in [0.05, 0.1) is 12.5 Å². The third-order valence-electron chi connectivity index (χ3n) is 3.11. The zero-order valence-electron chi connectivity index (χ0n) is 11.8. The molecule has 0 aliphatic rings. The molecular weight excluding hydrogens is 294 g/mol. The van der Waals surface area contributed by atoms with Crippen molar-refractivity contribution < 1.29 is 4.42 Å². The van der Waals surface area contributed by atoms with Crippen molar-refractivity contribution >= 4 is 34.1 Å². The van der Waals surface area contributed by atoms with Crippen LogP contribution in [0.3, 0.4) is 0 Å². The van der Waals surface area contributed by atoms with Gasteiger partial charge in [-0.05, 0) is 17.7 Å². The average molecular weight is 309 g/mol. The molecule has 0 fully saturated rings. The molecule has 0 amide bonds. The molecule has 3 aromatic rings. The lowest BCUT2D eigenvalue weighted by Gasteiger charge is -1.99. The Hall–Kier alpha value is -2.53. The fourth-order valence-corrected chi connectivity index (χ4v) is 2.65. The number of furan rings is 1. The summed E-state index contributed by atoms with van der Waals surface area (Å²) in [5, 5.41) is 9.54. The number of fused-ring (bicyclic) bond motifs is 1. The summed E-state index contributed by atoms with van der Waals surface area (Å²) < 4.78 is 5.35. The van der Waals surface area contributed by atoms with Crippen LogP contribution >= 0.6 is 11.8 Å². The maximum Gasteiger partial charge on any atom is 0.180 e. The monoisotopic (exact) mass is 309 g/mol. The summed E-state index contributed by atoms with van der Waals surface area (Å²) in [6.07, 6.45) is 3.35. The average Bonchev–Trinajstić information content (AvgIpc) is 3.03. The molecule has 0 bridgehead atoms. The second kappa shape index (κ2) is 6.95. The highest BCUT2D eigenvalue weighted by Gasteiger charge is 2.00. The van der Waals surface area contributed by atoms with Crippen LogP contribution in [0.4, 0.5) is 0 Å². The maximum absolute atomic E-state index is 5.86. The van der Waals surface area contributed by atoms with E-state index < -0.39 is 0 Å². The van der Waals surface area contributed by atoms with Crippen molar-refractivity contribution in [2.75, 3.05) is 0 Å². The Labute approximate surface area is 132 Å². The first-order valence-corrected chi connectivity index (χ1v) is 7.81. The highest BCUT2D eigenvalue weighted by Crippen LogP contribution is 2.18. The highest BCUT2D eigenvalue weighted by molar-refractivity contribution is 8.13. The van der Waals surface area contributed by atoms with E-state index in [1.165, 1.54) is 17.3 Å². The first-order valence-electron chi connectivity index (χ1n) is 6.82. The molecule has 110 valence electrons. The number of rotatable bonds is 4. The summed E-state index contributed by atoms with van der Waals surface area (Å²) in [4.78, 5) is 0. The molecular formula is C17H15N3OS. The molecule has 5 heteroatoms. The van der Waals surface area contributed by atoms with Crippen LogP contribution in [-0.2, 0) is 5.75 Å². The molecule has 3 rings (SSSR count). The van der Waals surface area contributed by atoms with Gasteiger partial charge in [0.2, 0.25) is 0 Å². The van der Waals surface area contributed by atoms with Gasteiger partial charge in [0.15, 0.2) is 5.17 Å². The molecule has 0 saturated heterocycles. The van der Waals surface area contributed by atoms with Gasteiger partial charge in [0.25, 0.3) is 0 Å². The van der Waals surface area contributed by atoms with Crippen LogP contribution < -0.4 is 5.73 Å². The molecule has 0 aliphatic heterocycles. The molecule has 0 radical (unpaired) electrons. The zero-order valence-corrected chi connectivity index (χ0v) is 12.7. The molecule has 2 aromatic carbocycles. The second-order valence-electron chi connectivity index (χ2n) is 4.64. The predicted molar refractivity (Wildman–Crippen MR) is 93.2 cm³/mol. The first-order chi connectivity index (χ1) is 10.8. The fraction of sp³-hybridized carbons (Fsp3) is 0.0588. The van der Waals surface area contributed by atoms with Gasteiger partial charge in [0, 0.05) is 16.7 Å². The quantitative estimate of drug-likeness (QED) is 0.450. The van der Waals surface area contributed by atoms with Gasteiger partial charge in [-0.15, -0.1) is 5.10 Å². The van der Waals surface area contributed by atoms with E-state index >= 15 is 0 Å². The summed E-state index contributed by atoms with van der Waals surface area (Å²) in [5.74, 6) is 0.781. The van der Waals surface area contributed by atoms with E-state index in [1.807, 2.05) is 42.5 Å². The Morgan fingerprint density at radius 2 is 1.95 bits per heavy atom. The lowest BCUT2D eigenvalue weighted by Crippen LogP contribution is -2.05. The molecule has 2 N–H and O–H groups in total. The van der Waals surface area contributed by atoms with E-state index in [-0.39, 0.29) is 0 Å². The Morgan fingerprint density at radius 1 is 1.09 bits per heavy atom. The number of amidine groups is 1. The number of nitrogens with two attached hydrogens (primary N) is 1. The van der Waals surface area contributed by atoms with E-state index in [4.69, 9.17) is 10.2 Å². The van der Waals surface area contributed by atoms with Gasteiger partial charge in [0.1, 0.15) is 5.58 Å². The van der Waals surface area contributed by atoms with Crippen LogP contribution in [0.2, 0.25) is 0 Å². The van der Waals surface area contributed by atoms with E-state index in [1.54, 1.807) is 12.5 Å². The van der Waals surface area contributed by atoms with Gasteiger partial charge in [-0.2, -0.15) is 5.10 Å².